The molecule has 152 valence electrons. The van der Waals surface area contributed by atoms with E-state index in [-0.39, 0.29) is 12.2 Å². The van der Waals surface area contributed by atoms with Gasteiger partial charge in [0.25, 0.3) is 0 Å². The van der Waals surface area contributed by atoms with Crippen molar-refractivity contribution in [3.8, 4) is 0 Å². The molecular weight excluding hydrogens is 378 g/mol. The van der Waals surface area contributed by atoms with Crippen molar-refractivity contribution < 1.29 is 9.53 Å². The number of cyclic esters (lactones) is 1. The number of benzene rings is 3. The first-order chi connectivity index (χ1) is 14.7. The van der Waals surface area contributed by atoms with E-state index < -0.39 is 0 Å². The quantitative estimate of drug-likeness (QED) is 0.492. The molecule has 0 bridgehead atoms. The number of ether oxygens (including phenoxy) is 1. The Labute approximate surface area is 175 Å². The SMILES string of the molecule is O=Nc1ccc(N2C[C@@H](CN(Cc3ccccc3)Cc3ccccc3)OC2=O)cc1. The van der Waals surface area contributed by atoms with E-state index in [1.54, 1.807) is 29.2 Å². The van der Waals surface area contributed by atoms with Gasteiger partial charge < -0.3 is 4.74 Å². The Morgan fingerprint density at radius 3 is 1.97 bits per heavy atom. The molecule has 30 heavy (non-hydrogen) atoms. The third kappa shape index (κ3) is 4.90. The lowest BCUT2D eigenvalue weighted by molar-refractivity contribution is 0.103. The Hall–Kier alpha value is -3.51. The molecule has 3 aromatic rings. The summed E-state index contributed by atoms with van der Waals surface area (Å²) in [4.78, 5) is 27.0. The van der Waals surface area contributed by atoms with Gasteiger partial charge in [-0.2, -0.15) is 0 Å². The maximum atomic E-state index is 12.4. The number of nitroso groups, excluding NO2 is 1. The molecule has 0 aromatic heterocycles. The minimum atomic E-state index is -0.369. The molecule has 6 nitrogen and oxygen atoms in total. The normalized spacial score (nSPS) is 16.0. The van der Waals surface area contributed by atoms with Crippen LogP contribution in [0.3, 0.4) is 0 Å². The number of nitrogens with zero attached hydrogens (tertiary/aromatic N) is 3. The monoisotopic (exact) mass is 401 g/mol. The Kier molecular flexibility index (Phi) is 6.15. The van der Waals surface area contributed by atoms with Crippen LogP contribution in [0.25, 0.3) is 0 Å². The summed E-state index contributed by atoms with van der Waals surface area (Å²) < 4.78 is 5.65. The molecule has 3 aromatic carbocycles. The molecule has 1 aliphatic heterocycles. The topological polar surface area (TPSA) is 62.2 Å². The molecule has 0 radical (unpaired) electrons. The summed E-state index contributed by atoms with van der Waals surface area (Å²) in [5.41, 5.74) is 3.46. The van der Waals surface area contributed by atoms with Gasteiger partial charge in [0.2, 0.25) is 0 Å². The molecule has 6 heteroatoms. The number of carbonyl (C=O) groups is 1. The van der Waals surface area contributed by atoms with E-state index in [0.717, 1.165) is 13.1 Å². The van der Waals surface area contributed by atoms with Gasteiger partial charge in [-0.25, -0.2) is 4.79 Å². The van der Waals surface area contributed by atoms with Crippen molar-refractivity contribution in [3.05, 3.63) is 101 Å². The summed E-state index contributed by atoms with van der Waals surface area (Å²) in [6.07, 6.45) is -0.611. The van der Waals surface area contributed by atoms with E-state index in [1.807, 2.05) is 36.4 Å². The molecule has 0 saturated carbocycles. The van der Waals surface area contributed by atoms with Crippen LogP contribution < -0.4 is 4.90 Å². The molecular formula is C24H23N3O3. The zero-order chi connectivity index (χ0) is 20.8. The van der Waals surface area contributed by atoms with Crippen LogP contribution in [0.2, 0.25) is 0 Å². The third-order valence-corrected chi connectivity index (χ3v) is 5.10. The molecule has 4 rings (SSSR count). The average molecular weight is 401 g/mol. The fraction of sp³-hybridized carbons (Fsp3) is 0.208. The van der Waals surface area contributed by atoms with Crippen LogP contribution in [-0.4, -0.2) is 30.2 Å². The highest BCUT2D eigenvalue weighted by Crippen LogP contribution is 2.25. The molecule has 1 fully saturated rings. The molecule has 0 spiro atoms. The third-order valence-electron chi connectivity index (χ3n) is 5.10. The zero-order valence-electron chi connectivity index (χ0n) is 16.6. The van der Waals surface area contributed by atoms with E-state index in [4.69, 9.17) is 4.74 Å². The second kappa shape index (κ2) is 9.33. The second-order valence-corrected chi connectivity index (χ2v) is 7.36. The minimum Gasteiger partial charge on any atom is -0.443 e. The maximum Gasteiger partial charge on any atom is 0.414 e. The summed E-state index contributed by atoms with van der Waals surface area (Å²) in [6, 6.07) is 27.2. The van der Waals surface area contributed by atoms with Crippen molar-refractivity contribution in [2.45, 2.75) is 19.2 Å². The van der Waals surface area contributed by atoms with E-state index in [9.17, 15) is 9.70 Å². The minimum absolute atomic E-state index is 0.242. The second-order valence-electron chi connectivity index (χ2n) is 7.36. The van der Waals surface area contributed by atoms with Gasteiger partial charge in [0, 0.05) is 25.3 Å². The van der Waals surface area contributed by atoms with Crippen LogP contribution in [0.1, 0.15) is 11.1 Å². The van der Waals surface area contributed by atoms with E-state index in [0.29, 0.717) is 24.5 Å². The molecule has 1 aliphatic rings. The lowest BCUT2D eigenvalue weighted by Crippen LogP contribution is -2.34. The molecule has 1 amide bonds. The number of amides is 1. The highest BCUT2D eigenvalue weighted by atomic mass is 16.6. The van der Waals surface area contributed by atoms with Gasteiger partial charge in [-0.1, -0.05) is 60.7 Å². The Balaban J connectivity index is 1.46. The van der Waals surface area contributed by atoms with Crippen LogP contribution in [-0.2, 0) is 17.8 Å². The van der Waals surface area contributed by atoms with Gasteiger partial charge in [-0.3, -0.25) is 9.80 Å². The van der Waals surface area contributed by atoms with E-state index in [1.165, 1.54) is 11.1 Å². The van der Waals surface area contributed by atoms with Crippen LogP contribution >= 0.6 is 0 Å². The maximum absolute atomic E-state index is 12.4. The van der Waals surface area contributed by atoms with Gasteiger partial charge in [0.15, 0.2) is 0 Å². The van der Waals surface area contributed by atoms with Crippen molar-refractivity contribution in [1.29, 1.82) is 0 Å². The summed E-state index contributed by atoms with van der Waals surface area (Å²) in [5.74, 6) is 0. The molecule has 1 saturated heterocycles. The van der Waals surface area contributed by atoms with Crippen molar-refractivity contribution in [2.75, 3.05) is 18.0 Å². The predicted molar refractivity (Wildman–Crippen MR) is 117 cm³/mol. The summed E-state index contributed by atoms with van der Waals surface area (Å²) in [6.45, 7) is 2.62. The first-order valence-electron chi connectivity index (χ1n) is 9.93. The Morgan fingerprint density at radius 2 is 1.43 bits per heavy atom. The molecule has 0 aliphatic carbocycles. The average Bonchev–Trinajstić information content (AvgIpc) is 3.15. The van der Waals surface area contributed by atoms with E-state index >= 15 is 0 Å². The van der Waals surface area contributed by atoms with Gasteiger partial charge >= 0.3 is 6.09 Å². The fourth-order valence-corrected chi connectivity index (χ4v) is 3.68. The van der Waals surface area contributed by atoms with Crippen molar-refractivity contribution in [3.63, 3.8) is 0 Å². The first kappa shape index (κ1) is 19.8. The van der Waals surface area contributed by atoms with Crippen LogP contribution in [0.4, 0.5) is 16.2 Å². The van der Waals surface area contributed by atoms with Crippen molar-refractivity contribution >= 4 is 17.5 Å². The summed E-state index contributed by atoms with van der Waals surface area (Å²) >= 11 is 0. The van der Waals surface area contributed by atoms with Gasteiger partial charge in [0.1, 0.15) is 11.8 Å². The highest BCUT2D eigenvalue weighted by Gasteiger charge is 2.33. The Bertz CT molecular complexity index is 936. The summed E-state index contributed by atoms with van der Waals surface area (Å²) in [5, 5.41) is 2.90. The van der Waals surface area contributed by atoms with E-state index in [2.05, 4.69) is 34.3 Å². The number of rotatable bonds is 8. The molecule has 0 N–H and O–H groups in total. The zero-order valence-corrected chi connectivity index (χ0v) is 16.6. The largest absolute Gasteiger partial charge is 0.443 e. The van der Waals surface area contributed by atoms with Crippen molar-refractivity contribution in [2.24, 2.45) is 5.18 Å². The van der Waals surface area contributed by atoms with Crippen LogP contribution in [0.5, 0.6) is 0 Å². The highest BCUT2D eigenvalue weighted by molar-refractivity contribution is 5.89. The first-order valence-corrected chi connectivity index (χ1v) is 9.93. The smallest absolute Gasteiger partial charge is 0.414 e. The lowest BCUT2D eigenvalue weighted by Gasteiger charge is -2.25. The predicted octanol–water partition coefficient (Wildman–Crippen LogP) is 5.11. The van der Waals surface area contributed by atoms with Gasteiger partial charge in [-0.05, 0) is 40.6 Å². The standard InChI is InChI=1S/C24H23N3O3/c28-24-27(22-13-11-21(25-29)12-14-22)18-23(30-24)17-26(15-19-7-3-1-4-8-19)16-20-9-5-2-6-10-20/h1-14,23H,15-18H2/t23-/m1/s1. The lowest BCUT2D eigenvalue weighted by atomic mass is 10.1. The number of hydrogen-bond acceptors (Lipinski definition) is 5. The van der Waals surface area contributed by atoms with Gasteiger partial charge in [-0.15, -0.1) is 4.91 Å². The summed E-state index contributed by atoms with van der Waals surface area (Å²) in [7, 11) is 0. The Morgan fingerprint density at radius 1 is 0.867 bits per heavy atom. The number of hydrogen-bond donors (Lipinski definition) is 0. The van der Waals surface area contributed by atoms with Gasteiger partial charge in [0.05, 0.1) is 6.54 Å². The fourth-order valence-electron chi connectivity index (χ4n) is 3.68. The van der Waals surface area contributed by atoms with Crippen molar-refractivity contribution in [1.82, 2.24) is 4.90 Å². The number of carbonyl (C=O) groups excluding carboxylic acids is 1. The molecule has 1 atom stereocenters. The number of anilines is 1. The van der Waals surface area contributed by atoms with Crippen LogP contribution in [0, 0.1) is 4.91 Å². The molecule has 0 unspecified atom stereocenters. The molecule has 1 heterocycles. The van der Waals surface area contributed by atoms with Crippen LogP contribution in [0.15, 0.2) is 90.1 Å².